The highest BCUT2D eigenvalue weighted by Crippen LogP contribution is 2.26. The van der Waals surface area contributed by atoms with Crippen molar-refractivity contribution in [3.8, 4) is 11.3 Å². The fraction of sp³-hybridized carbons (Fsp3) is 0.0833. The number of rotatable bonds is 3. The number of nitrogen functional groups attached to an aromatic ring is 1. The van der Waals surface area contributed by atoms with Gasteiger partial charge >= 0.3 is 0 Å². The molecular formula is C12H11N5O3. The maximum atomic E-state index is 11.5. The molecule has 102 valence electrons. The van der Waals surface area contributed by atoms with Crippen LogP contribution in [0.4, 0.5) is 11.6 Å². The number of nitro benzene ring substituents is 1. The van der Waals surface area contributed by atoms with E-state index in [2.05, 4.69) is 9.97 Å². The lowest BCUT2D eigenvalue weighted by Gasteiger charge is -2.09. The molecule has 8 nitrogen and oxygen atoms in total. The first kappa shape index (κ1) is 13.4. The summed E-state index contributed by atoms with van der Waals surface area (Å²) in [5, 5.41) is 10.8. The van der Waals surface area contributed by atoms with Crippen LogP contribution in [0.15, 0.2) is 24.3 Å². The van der Waals surface area contributed by atoms with Gasteiger partial charge < -0.3 is 11.5 Å². The Kier molecular flexibility index (Phi) is 3.30. The number of carbonyl (C=O) groups excluding carboxylic acids is 1. The lowest BCUT2D eigenvalue weighted by molar-refractivity contribution is -0.384. The van der Waals surface area contributed by atoms with Crippen LogP contribution >= 0.6 is 0 Å². The molecule has 8 heteroatoms. The third kappa shape index (κ3) is 2.39. The van der Waals surface area contributed by atoms with E-state index in [9.17, 15) is 14.9 Å². The number of nitrogens with two attached hydrogens (primary N) is 2. The average molecular weight is 273 g/mol. The number of non-ortho nitro benzene ring substituents is 1. The monoisotopic (exact) mass is 273 g/mol. The molecule has 4 N–H and O–H groups in total. The quantitative estimate of drug-likeness (QED) is 0.632. The van der Waals surface area contributed by atoms with E-state index in [0.717, 1.165) is 0 Å². The summed E-state index contributed by atoms with van der Waals surface area (Å²) < 4.78 is 0. The molecular weight excluding hydrogens is 262 g/mol. The van der Waals surface area contributed by atoms with Gasteiger partial charge in [0.2, 0.25) is 5.95 Å². The summed E-state index contributed by atoms with van der Waals surface area (Å²) in [5.41, 5.74) is 11.7. The van der Waals surface area contributed by atoms with Crippen molar-refractivity contribution >= 4 is 17.5 Å². The van der Waals surface area contributed by atoms with E-state index < -0.39 is 10.8 Å². The highest BCUT2D eigenvalue weighted by molar-refractivity contribution is 6.00. The summed E-state index contributed by atoms with van der Waals surface area (Å²) in [6.45, 7) is 1.57. The first-order chi connectivity index (χ1) is 9.40. The minimum absolute atomic E-state index is 0.0333. The summed E-state index contributed by atoms with van der Waals surface area (Å²) in [7, 11) is 0. The number of primary amides is 1. The lowest BCUT2D eigenvalue weighted by Crippen LogP contribution is -2.17. The fourth-order valence-electron chi connectivity index (χ4n) is 1.87. The third-order valence-electron chi connectivity index (χ3n) is 2.68. The summed E-state index contributed by atoms with van der Waals surface area (Å²) in [5.74, 6) is -0.752. The van der Waals surface area contributed by atoms with Crippen LogP contribution in [0.3, 0.4) is 0 Å². The second kappa shape index (κ2) is 4.92. The molecule has 0 bridgehead atoms. The van der Waals surface area contributed by atoms with Crippen LogP contribution in [0, 0.1) is 17.0 Å². The largest absolute Gasteiger partial charge is 0.368 e. The van der Waals surface area contributed by atoms with E-state index in [1.165, 1.54) is 18.2 Å². The van der Waals surface area contributed by atoms with Crippen LogP contribution in [-0.2, 0) is 0 Å². The third-order valence-corrected chi connectivity index (χ3v) is 2.68. The van der Waals surface area contributed by atoms with Crippen LogP contribution in [0.25, 0.3) is 11.3 Å². The number of hydrogen-bond acceptors (Lipinski definition) is 6. The second-order valence-corrected chi connectivity index (χ2v) is 4.06. The van der Waals surface area contributed by atoms with Gasteiger partial charge in [-0.25, -0.2) is 9.97 Å². The first-order valence-electron chi connectivity index (χ1n) is 5.59. The van der Waals surface area contributed by atoms with Gasteiger partial charge in [-0.1, -0.05) is 12.1 Å². The van der Waals surface area contributed by atoms with Crippen molar-refractivity contribution in [1.82, 2.24) is 9.97 Å². The van der Waals surface area contributed by atoms with Crippen LogP contribution in [0.1, 0.15) is 16.1 Å². The molecule has 20 heavy (non-hydrogen) atoms. The smallest absolute Gasteiger partial charge is 0.270 e. The normalized spacial score (nSPS) is 10.2. The summed E-state index contributed by atoms with van der Waals surface area (Å²) in [6.07, 6.45) is 0. The number of carbonyl (C=O) groups is 1. The van der Waals surface area contributed by atoms with E-state index in [-0.39, 0.29) is 22.9 Å². The number of amides is 1. The zero-order valence-corrected chi connectivity index (χ0v) is 10.5. The summed E-state index contributed by atoms with van der Waals surface area (Å²) in [6, 6.07) is 5.71. The van der Waals surface area contributed by atoms with Gasteiger partial charge in [0.25, 0.3) is 11.6 Å². The maximum Gasteiger partial charge on any atom is 0.270 e. The number of hydrogen-bond donors (Lipinski definition) is 2. The zero-order valence-electron chi connectivity index (χ0n) is 10.5. The van der Waals surface area contributed by atoms with Gasteiger partial charge in [0, 0.05) is 17.7 Å². The minimum Gasteiger partial charge on any atom is -0.368 e. The van der Waals surface area contributed by atoms with Gasteiger partial charge in [0.05, 0.1) is 21.9 Å². The first-order valence-corrected chi connectivity index (χ1v) is 5.59. The molecule has 0 saturated heterocycles. The van der Waals surface area contributed by atoms with Crippen LogP contribution in [-0.4, -0.2) is 20.8 Å². The van der Waals surface area contributed by atoms with Crippen molar-refractivity contribution in [2.24, 2.45) is 5.73 Å². The molecule has 1 aromatic carbocycles. The van der Waals surface area contributed by atoms with Crippen LogP contribution in [0.5, 0.6) is 0 Å². The molecule has 0 radical (unpaired) electrons. The Labute approximate surface area is 113 Å². The van der Waals surface area contributed by atoms with Gasteiger partial charge in [0.15, 0.2) is 0 Å². The Balaban J connectivity index is 2.71. The van der Waals surface area contributed by atoms with Gasteiger partial charge in [-0.15, -0.1) is 0 Å². The molecule has 2 aromatic rings. The lowest BCUT2D eigenvalue weighted by atomic mass is 10.0. The number of nitrogens with zero attached hydrogens (tertiary/aromatic N) is 3. The van der Waals surface area contributed by atoms with Crippen molar-refractivity contribution in [1.29, 1.82) is 0 Å². The second-order valence-electron chi connectivity index (χ2n) is 4.06. The Morgan fingerprint density at radius 3 is 2.65 bits per heavy atom. The Morgan fingerprint density at radius 1 is 1.35 bits per heavy atom. The van der Waals surface area contributed by atoms with Crippen LogP contribution < -0.4 is 11.5 Å². The molecule has 0 atom stereocenters. The molecule has 0 saturated carbocycles. The van der Waals surface area contributed by atoms with Gasteiger partial charge in [0.1, 0.15) is 0 Å². The standard InChI is InChI=1S/C12H11N5O3/c1-6-9(11(13)18)10(16-12(14)15-6)7-3-2-4-8(5-7)17(19)20/h2-5H,1H3,(H2,13,18)(H2,14,15,16). The summed E-state index contributed by atoms with van der Waals surface area (Å²) in [4.78, 5) is 29.6. The van der Waals surface area contributed by atoms with E-state index in [1.807, 2.05) is 0 Å². The molecule has 2 rings (SSSR count). The zero-order chi connectivity index (χ0) is 14.9. The molecule has 1 aromatic heterocycles. The molecule has 1 heterocycles. The van der Waals surface area contributed by atoms with E-state index >= 15 is 0 Å². The van der Waals surface area contributed by atoms with E-state index in [0.29, 0.717) is 11.3 Å². The van der Waals surface area contributed by atoms with Gasteiger partial charge in [-0.3, -0.25) is 14.9 Å². The fourth-order valence-corrected chi connectivity index (χ4v) is 1.87. The molecule has 0 spiro atoms. The predicted molar refractivity (Wildman–Crippen MR) is 71.8 cm³/mol. The Morgan fingerprint density at radius 2 is 2.05 bits per heavy atom. The molecule has 0 unspecified atom stereocenters. The topological polar surface area (TPSA) is 138 Å². The van der Waals surface area contributed by atoms with Crippen molar-refractivity contribution in [3.05, 3.63) is 45.6 Å². The van der Waals surface area contributed by atoms with Crippen molar-refractivity contribution in [3.63, 3.8) is 0 Å². The molecule has 1 amide bonds. The van der Waals surface area contributed by atoms with Crippen LogP contribution in [0.2, 0.25) is 0 Å². The number of nitro groups is 1. The van der Waals surface area contributed by atoms with Crippen molar-refractivity contribution in [2.45, 2.75) is 6.92 Å². The number of benzene rings is 1. The predicted octanol–water partition coefficient (Wildman–Crippen LogP) is 1.04. The average Bonchev–Trinajstić information content (AvgIpc) is 2.37. The van der Waals surface area contributed by atoms with Gasteiger partial charge in [-0.2, -0.15) is 0 Å². The highest BCUT2D eigenvalue weighted by Gasteiger charge is 2.18. The van der Waals surface area contributed by atoms with E-state index in [1.54, 1.807) is 13.0 Å². The summed E-state index contributed by atoms with van der Waals surface area (Å²) >= 11 is 0. The molecule has 0 aliphatic rings. The maximum absolute atomic E-state index is 11.5. The molecule has 0 aliphatic heterocycles. The molecule has 0 fully saturated rings. The number of anilines is 1. The molecule has 0 aliphatic carbocycles. The van der Waals surface area contributed by atoms with Gasteiger partial charge in [-0.05, 0) is 6.92 Å². The Hall–Kier alpha value is -3.03. The SMILES string of the molecule is Cc1nc(N)nc(-c2cccc([N+](=O)[O-])c2)c1C(N)=O. The minimum atomic E-state index is -0.719. The van der Waals surface area contributed by atoms with Crippen molar-refractivity contribution < 1.29 is 9.72 Å². The Bertz CT molecular complexity index is 714. The highest BCUT2D eigenvalue weighted by atomic mass is 16.6. The van der Waals surface area contributed by atoms with Crippen molar-refractivity contribution in [2.75, 3.05) is 5.73 Å². The number of aryl methyl sites for hydroxylation is 1. The van der Waals surface area contributed by atoms with E-state index in [4.69, 9.17) is 11.5 Å². The number of aromatic nitrogens is 2.